The SMILES string of the molecule is S=CNN1CCCC1. The molecule has 0 aromatic rings. The van der Waals surface area contributed by atoms with Gasteiger partial charge in [-0.2, -0.15) is 0 Å². The summed E-state index contributed by atoms with van der Waals surface area (Å²) in [6.45, 7) is 2.29. The van der Waals surface area contributed by atoms with Crippen LogP contribution in [0.2, 0.25) is 0 Å². The first kappa shape index (κ1) is 5.98. The van der Waals surface area contributed by atoms with Gasteiger partial charge in [0, 0.05) is 13.1 Å². The Bertz CT molecular complexity index is 78.5. The maximum absolute atomic E-state index is 4.61. The average Bonchev–Trinajstić information content (AvgIpc) is 2.19. The van der Waals surface area contributed by atoms with Crippen LogP contribution in [-0.4, -0.2) is 23.6 Å². The molecule has 1 fully saturated rings. The number of nitrogens with one attached hydrogen (secondary N) is 1. The third kappa shape index (κ3) is 1.42. The molecule has 1 N–H and O–H groups in total. The molecule has 0 spiro atoms. The molecule has 0 aliphatic carbocycles. The molecule has 1 aliphatic rings. The van der Waals surface area contributed by atoms with E-state index in [0.29, 0.717) is 0 Å². The average molecular weight is 130 g/mol. The van der Waals surface area contributed by atoms with Crippen molar-refractivity contribution in [2.45, 2.75) is 12.8 Å². The quantitative estimate of drug-likeness (QED) is 0.549. The van der Waals surface area contributed by atoms with Crippen molar-refractivity contribution in [2.75, 3.05) is 13.1 Å². The van der Waals surface area contributed by atoms with Crippen LogP contribution in [-0.2, 0) is 0 Å². The summed E-state index contributed by atoms with van der Waals surface area (Å²) in [6.07, 6.45) is 2.60. The second-order valence-electron chi connectivity index (χ2n) is 1.94. The van der Waals surface area contributed by atoms with Crippen LogP contribution in [0.1, 0.15) is 12.8 Å². The van der Waals surface area contributed by atoms with E-state index in [-0.39, 0.29) is 0 Å². The molecule has 0 saturated carbocycles. The van der Waals surface area contributed by atoms with E-state index in [0.717, 1.165) is 13.1 Å². The molecule has 0 radical (unpaired) electrons. The van der Waals surface area contributed by atoms with Gasteiger partial charge in [0.25, 0.3) is 0 Å². The Kier molecular flexibility index (Phi) is 2.24. The molecular weight excluding hydrogens is 120 g/mol. The van der Waals surface area contributed by atoms with E-state index in [2.05, 4.69) is 22.7 Å². The molecule has 0 bridgehead atoms. The lowest BCUT2D eigenvalue weighted by molar-refractivity contribution is 0.302. The first-order valence-corrected chi connectivity index (χ1v) is 3.35. The normalized spacial score (nSPS) is 21.0. The van der Waals surface area contributed by atoms with E-state index >= 15 is 0 Å². The Labute approximate surface area is 54.8 Å². The van der Waals surface area contributed by atoms with E-state index in [1.807, 2.05) is 0 Å². The molecule has 0 atom stereocenters. The van der Waals surface area contributed by atoms with Crippen molar-refractivity contribution in [1.82, 2.24) is 10.4 Å². The highest BCUT2D eigenvalue weighted by Gasteiger charge is 2.07. The fourth-order valence-corrected chi connectivity index (χ4v) is 1.07. The minimum Gasteiger partial charge on any atom is -0.315 e. The zero-order valence-corrected chi connectivity index (χ0v) is 5.58. The molecule has 0 aromatic carbocycles. The molecule has 0 unspecified atom stereocenters. The largest absolute Gasteiger partial charge is 0.315 e. The summed E-state index contributed by atoms with van der Waals surface area (Å²) in [7, 11) is 0. The third-order valence-electron chi connectivity index (χ3n) is 1.34. The highest BCUT2D eigenvalue weighted by Crippen LogP contribution is 2.02. The first-order chi connectivity index (χ1) is 3.93. The van der Waals surface area contributed by atoms with Gasteiger partial charge < -0.3 is 5.43 Å². The predicted octanol–water partition coefficient (Wildman–Crippen LogP) is 0.544. The summed E-state index contributed by atoms with van der Waals surface area (Å²) in [5.41, 5.74) is 4.53. The number of rotatable bonds is 2. The van der Waals surface area contributed by atoms with Crippen LogP contribution < -0.4 is 5.43 Å². The standard InChI is InChI=1S/C5H10N2S/c8-5-6-7-3-1-2-4-7/h5H,1-4H2,(H,6,8). The molecule has 2 nitrogen and oxygen atoms in total. The van der Waals surface area contributed by atoms with Gasteiger partial charge in [-0.25, -0.2) is 5.01 Å². The number of hydrogen-bond acceptors (Lipinski definition) is 2. The number of thiocarbonyl (C=S) groups is 1. The van der Waals surface area contributed by atoms with Crippen molar-refractivity contribution in [2.24, 2.45) is 0 Å². The van der Waals surface area contributed by atoms with Gasteiger partial charge >= 0.3 is 0 Å². The second-order valence-corrected chi connectivity index (χ2v) is 2.18. The van der Waals surface area contributed by atoms with Crippen LogP contribution in [0.25, 0.3) is 0 Å². The Morgan fingerprint density at radius 2 is 2.00 bits per heavy atom. The van der Waals surface area contributed by atoms with E-state index in [9.17, 15) is 0 Å². The van der Waals surface area contributed by atoms with Crippen LogP contribution in [0.5, 0.6) is 0 Å². The van der Waals surface area contributed by atoms with E-state index in [1.54, 1.807) is 5.49 Å². The highest BCUT2D eigenvalue weighted by molar-refractivity contribution is 7.78. The van der Waals surface area contributed by atoms with Gasteiger partial charge in [-0.15, -0.1) is 0 Å². The van der Waals surface area contributed by atoms with Crippen LogP contribution in [0.4, 0.5) is 0 Å². The third-order valence-corrected chi connectivity index (χ3v) is 1.45. The van der Waals surface area contributed by atoms with Crippen LogP contribution in [0.3, 0.4) is 0 Å². The van der Waals surface area contributed by atoms with E-state index < -0.39 is 0 Å². The van der Waals surface area contributed by atoms with Crippen molar-refractivity contribution >= 4 is 17.7 Å². The number of hydrogen-bond donors (Lipinski definition) is 1. The Morgan fingerprint density at radius 3 is 2.50 bits per heavy atom. The summed E-state index contributed by atoms with van der Waals surface area (Å²) in [4.78, 5) is 0. The second kappa shape index (κ2) is 2.99. The fraction of sp³-hybridized carbons (Fsp3) is 0.800. The lowest BCUT2D eigenvalue weighted by atomic mass is 10.4. The van der Waals surface area contributed by atoms with Crippen LogP contribution in [0.15, 0.2) is 0 Å². The summed E-state index contributed by atoms with van der Waals surface area (Å²) in [5.74, 6) is 0. The van der Waals surface area contributed by atoms with Gasteiger partial charge in [0.1, 0.15) is 0 Å². The smallest absolute Gasteiger partial charge is 0.0759 e. The summed E-state index contributed by atoms with van der Waals surface area (Å²) >= 11 is 4.61. The van der Waals surface area contributed by atoms with Crippen molar-refractivity contribution in [3.8, 4) is 0 Å². The van der Waals surface area contributed by atoms with Gasteiger partial charge in [-0.3, -0.25) is 0 Å². The summed E-state index contributed by atoms with van der Waals surface area (Å²) in [6, 6.07) is 0. The van der Waals surface area contributed by atoms with Gasteiger partial charge in [0.15, 0.2) is 0 Å². The zero-order chi connectivity index (χ0) is 5.82. The lowest BCUT2D eigenvalue weighted by Gasteiger charge is -2.11. The molecule has 0 amide bonds. The lowest BCUT2D eigenvalue weighted by Crippen LogP contribution is -2.33. The van der Waals surface area contributed by atoms with Crippen LogP contribution >= 0.6 is 12.2 Å². The first-order valence-electron chi connectivity index (χ1n) is 2.88. The van der Waals surface area contributed by atoms with E-state index in [4.69, 9.17) is 0 Å². The molecule has 1 rings (SSSR count). The minimum absolute atomic E-state index is 1.15. The molecule has 46 valence electrons. The molecule has 3 heteroatoms. The predicted molar refractivity (Wildman–Crippen MR) is 37.6 cm³/mol. The minimum atomic E-state index is 1.15. The monoisotopic (exact) mass is 130 g/mol. The summed E-state index contributed by atoms with van der Waals surface area (Å²) in [5, 5.41) is 2.13. The molecule has 0 aromatic heterocycles. The topological polar surface area (TPSA) is 15.3 Å². The molecule has 1 saturated heterocycles. The molecule has 8 heavy (non-hydrogen) atoms. The number of hydrazine groups is 1. The maximum Gasteiger partial charge on any atom is 0.0759 e. The summed E-state index contributed by atoms with van der Waals surface area (Å²) < 4.78 is 0. The Morgan fingerprint density at radius 1 is 1.38 bits per heavy atom. The Balaban J connectivity index is 2.14. The molecule has 1 heterocycles. The van der Waals surface area contributed by atoms with E-state index in [1.165, 1.54) is 12.8 Å². The zero-order valence-electron chi connectivity index (χ0n) is 4.76. The van der Waals surface area contributed by atoms with Gasteiger partial charge in [-0.1, -0.05) is 12.2 Å². The van der Waals surface area contributed by atoms with Gasteiger partial charge in [-0.05, 0) is 12.8 Å². The van der Waals surface area contributed by atoms with Gasteiger partial charge in [0.2, 0.25) is 0 Å². The van der Waals surface area contributed by atoms with Crippen molar-refractivity contribution in [3.63, 3.8) is 0 Å². The maximum atomic E-state index is 4.61. The molecule has 1 aliphatic heterocycles. The van der Waals surface area contributed by atoms with Crippen molar-refractivity contribution in [1.29, 1.82) is 0 Å². The Hall–Kier alpha value is -0.150. The molecular formula is C5H10N2S. The van der Waals surface area contributed by atoms with Crippen molar-refractivity contribution in [3.05, 3.63) is 0 Å². The van der Waals surface area contributed by atoms with Crippen molar-refractivity contribution < 1.29 is 0 Å². The fourth-order valence-electron chi connectivity index (χ4n) is 0.921. The number of nitrogens with zero attached hydrogens (tertiary/aromatic N) is 1. The van der Waals surface area contributed by atoms with Crippen LogP contribution in [0, 0.1) is 0 Å². The van der Waals surface area contributed by atoms with Gasteiger partial charge in [0.05, 0.1) is 5.49 Å². The highest BCUT2D eigenvalue weighted by atomic mass is 32.1.